The first-order chi connectivity index (χ1) is 22.2. The highest BCUT2D eigenvalue weighted by Gasteiger charge is 2.35. The Balaban J connectivity index is 1.50. The lowest BCUT2D eigenvalue weighted by Gasteiger charge is -2.29. The number of nitro benzene ring substituents is 1. The van der Waals surface area contributed by atoms with E-state index in [0.717, 1.165) is 22.0 Å². The minimum atomic E-state index is -0.717. The number of carbonyl (C=O) groups is 1. The first kappa shape index (κ1) is 30.7. The molecule has 1 aliphatic rings. The summed E-state index contributed by atoms with van der Waals surface area (Å²) in [5.41, 5.74) is 4.26. The Morgan fingerprint density at radius 1 is 1.07 bits per heavy atom. The molecule has 2 aromatic heterocycles. The zero-order valence-corrected chi connectivity index (χ0v) is 26.8. The van der Waals surface area contributed by atoms with Gasteiger partial charge in [-0.05, 0) is 44.5 Å². The molecule has 1 aliphatic heterocycles. The van der Waals surface area contributed by atoms with E-state index in [4.69, 9.17) is 9.73 Å². The van der Waals surface area contributed by atoms with Crippen molar-refractivity contribution in [2.45, 2.75) is 33.4 Å². The third kappa shape index (κ3) is 5.43. The van der Waals surface area contributed by atoms with Gasteiger partial charge in [-0.2, -0.15) is 0 Å². The van der Waals surface area contributed by atoms with E-state index in [2.05, 4.69) is 4.57 Å². The van der Waals surface area contributed by atoms with E-state index in [1.165, 1.54) is 23.5 Å². The van der Waals surface area contributed by atoms with Crippen molar-refractivity contribution in [2.75, 3.05) is 20.2 Å². The van der Waals surface area contributed by atoms with Crippen LogP contribution in [-0.4, -0.2) is 45.1 Å². The fourth-order valence-electron chi connectivity index (χ4n) is 6.04. The van der Waals surface area contributed by atoms with E-state index in [1.807, 2.05) is 81.6 Å². The van der Waals surface area contributed by atoms with E-state index in [0.29, 0.717) is 51.6 Å². The SMILES string of the molecule is CCN(CC)C(=O)C1=C(C)N=c2s/c(=C/c3cn(Cc4ccc([N+](=O)[O-])cc4)c4ccccc34)c(=O)n2[C@@H]1c1ccccc1OC. The molecule has 0 bridgehead atoms. The van der Waals surface area contributed by atoms with Gasteiger partial charge in [-0.15, -0.1) is 0 Å². The minimum Gasteiger partial charge on any atom is -0.496 e. The molecule has 6 rings (SSSR count). The van der Waals surface area contributed by atoms with Crippen LogP contribution in [0.2, 0.25) is 0 Å². The number of aromatic nitrogens is 2. The van der Waals surface area contributed by atoms with Gasteiger partial charge in [-0.25, -0.2) is 4.99 Å². The van der Waals surface area contributed by atoms with Crippen LogP contribution in [0.1, 0.15) is 43.5 Å². The summed E-state index contributed by atoms with van der Waals surface area (Å²) in [6.45, 7) is 7.24. The lowest BCUT2D eigenvalue weighted by Crippen LogP contribution is -2.43. The van der Waals surface area contributed by atoms with Gasteiger partial charge in [0.2, 0.25) is 0 Å². The molecule has 0 spiro atoms. The zero-order valence-electron chi connectivity index (χ0n) is 26.0. The molecule has 11 heteroatoms. The summed E-state index contributed by atoms with van der Waals surface area (Å²) in [5.74, 6) is 0.418. The van der Waals surface area contributed by atoms with Crippen molar-refractivity contribution in [3.63, 3.8) is 0 Å². The number of thiazole rings is 1. The largest absolute Gasteiger partial charge is 0.496 e. The Hall–Kier alpha value is -5.29. The highest BCUT2D eigenvalue weighted by atomic mass is 32.1. The molecular formula is C35H33N5O5S. The number of benzene rings is 3. The monoisotopic (exact) mass is 635 g/mol. The van der Waals surface area contributed by atoms with Crippen LogP contribution in [0.15, 0.2) is 100 Å². The minimum absolute atomic E-state index is 0.0424. The van der Waals surface area contributed by atoms with Crippen LogP contribution in [0.5, 0.6) is 5.75 Å². The first-order valence-corrected chi connectivity index (χ1v) is 15.8. The summed E-state index contributed by atoms with van der Waals surface area (Å²) >= 11 is 1.29. The van der Waals surface area contributed by atoms with Crippen molar-refractivity contribution >= 4 is 39.9 Å². The number of likely N-dealkylation sites (N-methyl/N-ethyl adjacent to an activating group) is 1. The molecule has 0 aliphatic carbocycles. The summed E-state index contributed by atoms with van der Waals surface area (Å²) < 4.78 is 9.89. The summed E-state index contributed by atoms with van der Waals surface area (Å²) in [7, 11) is 1.58. The molecule has 0 unspecified atom stereocenters. The number of para-hydroxylation sites is 2. The quantitative estimate of drug-likeness (QED) is 0.167. The van der Waals surface area contributed by atoms with Gasteiger partial charge in [0.25, 0.3) is 17.2 Å². The topological polar surface area (TPSA) is 112 Å². The van der Waals surface area contributed by atoms with Crippen molar-refractivity contribution in [3.05, 3.63) is 137 Å². The second-order valence-corrected chi connectivity index (χ2v) is 12.0. The molecule has 234 valence electrons. The molecule has 10 nitrogen and oxygen atoms in total. The average molecular weight is 636 g/mol. The molecule has 0 N–H and O–H groups in total. The molecule has 3 aromatic carbocycles. The van der Waals surface area contributed by atoms with Gasteiger partial charge in [0.1, 0.15) is 11.8 Å². The number of ether oxygens (including phenoxy) is 1. The predicted octanol–water partition coefficient (Wildman–Crippen LogP) is 5.02. The number of nitro groups is 1. The third-order valence-electron chi connectivity index (χ3n) is 8.34. The smallest absolute Gasteiger partial charge is 0.271 e. The van der Waals surface area contributed by atoms with E-state index < -0.39 is 11.0 Å². The molecule has 46 heavy (non-hydrogen) atoms. The number of carbonyl (C=O) groups excluding carboxylic acids is 1. The summed E-state index contributed by atoms with van der Waals surface area (Å²) in [4.78, 5) is 46.0. The number of methoxy groups -OCH3 is 1. The van der Waals surface area contributed by atoms with Gasteiger partial charge in [-0.1, -0.05) is 59.9 Å². The van der Waals surface area contributed by atoms with Crippen LogP contribution in [0, 0.1) is 10.1 Å². The van der Waals surface area contributed by atoms with E-state index in [9.17, 15) is 19.7 Å². The van der Waals surface area contributed by atoms with Gasteiger partial charge in [0, 0.05) is 60.0 Å². The van der Waals surface area contributed by atoms with Gasteiger partial charge in [0.15, 0.2) is 4.80 Å². The van der Waals surface area contributed by atoms with Crippen LogP contribution in [0.3, 0.4) is 0 Å². The van der Waals surface area contributed by atoms with Crippen molar-refractivity contribution in [1.29, 1.82) is 0 Å². The van der Waals surface area contributed by atoms with E-state index >= 15 is 0 Å². The molecule has 0 saturated carbocycles. The number of hydrogen-bond acceptors (Lipinski definition) is 7. The zero-order chi connectivity index (χ0) is 32.5. The van der Waals surface area contributed by atoms with Crippen LogP contribution in [0.25, 0.3) is 17.0 Å². The molecule has 0 radical (unpaired) electrons. The number of hydrogen-bond donors (Lipinski definition) is 0. The first-order valence-electron chi connectivity index (χ1n) is 15.0. The Morgan fingerprint density at radius 3 is 2.46 bits per heavy atom. The maximum absolute atomic E-state index is 14.3. The number of fused-ring (bicyclic) bond motifs is 2. The summed E-state index contributed by atoms with van der Waals surface area (Å²) in [5, 5.41) is 12.1. The molecule has 0 saturated heterocycles. The standard InChI is InChI=1S/C35H33N5O5S/c1-5-37(6-2)34(42)31-22(3)36-35-39(32(31)27-12-8-10-14-29(27)45-4)33(41)30(46-35)19-24-21-38(28-13-9-7-11-26(24)28)20-23-15-17-25(18-16-23)40(43)44/h7-19,21,32H,5-6,20H2,1-4H3/b30-19+/t32-/m1/s1. The predicted molar refractivity (Wildman–Crippen MR) is 179 cm³/mol. The second-order valence-electron chi connectivity index (χ2n) is 11.0. The van der Waals surface area contributed by atoms with Gasteiger partial charge < -0.3 is 14.2 Å². The molecule has 1 atom stereocenters. The fourth-order valence-corrected chi connectivity index (χ4v) is 7.08. The Bertz CT molecular complexity index is 2190. The average Bonchev–Trinajstić information content (AvgIpc) is 3.56. The third-order valence-corrected chi connectivity index (χ3v) is 9.33. The molecule has 3 heterocycles. The maximum atomic E-state index is 14.3. The van der Waals surface area contributed by atoms with Gasteiger partial charge in [-0.3, -0.25) is 24.3 Å². The Kier molecular flexibility index (Phi) is 8.42. The molecule has 5 aromatic rings. The summed E-state index contributed by atoms with van der Waals surface area (Å²) in [6.07, 6.45) is 3.87. The highest BCUT2D eigenvalue weighted by Crippen LogP contribution is 2.36. The van der Waals surface area contributed by atoms with Crippen molar-refractivity contribution < 1.29 is 14.5 Å². The lowest BCUT2D eigenvalue weighted by molar-refractivity contribution is -0.384. The van der Waals surface area contributed by atoms with Crippen molar-refractivity contribution in [1.82, 2.24) is 14.0 Å². The molecule has 1 amide bonds. The Labute approximate surface area is 269 Å². The van der Waals surface area contributed by atoms with Crippen LogP contribution < -0.4 is 19.6 Å². The maximum Gasteiger partial charge on any atom is 0.271 e. The Morgan fingerprint density at radius 2 is 1.76 bits per heavy atom. The van der Waals surface area contributed by atoms with Crippen molar-refractivity contribution in [3.8, 4) is 5.75 Å². The summed E-state index contributed by atoms with van der Waals surface area (Å²) in [6, 6.07) is 21.2. The van der Waals surface area contributed by atoms with Crippen molar-refractivity contribution in [2.24, 2.45) is 4.99 Å². The number of allylic oxidation sites excluding steroid dienone is 1. The van der Waals surface area contributed by atoms with Gasteiger partial charge >= 0.3 is 0 Å². The number of rotatable bonds is 9. The highest BCUT2D eigenvalue weighted by molar-refractivity contribution is 7.07. The fraction of sp³-hybridized carbons (Fsp3) is 0.229. The lowest BCUT2D eigenvalue weighted by atomic mass is 9.94. The van der Waals surface area contributed by atoms with Crippen LogP contribution >= 0.6 is 11.3 Å². The van der Waals surface area contributed by atoms with Gasteiger partial charge in [0.05, 0.1) is 27.8 Å². The van der Waals surface area contributed by atoms with Crippen LogP contribution in [0.4, 0.5) is 5.69 Å². The normalized spacial score (nSPS) is 14.7. The molecule has 0 fully saturated rings. The van der Waals surface area contributed by atoms with Crippen LogP contribution in [-0.2, 0) is 11.3 Å². The molecular weight excluding hydrogens is 602 g/mol. The number of nitrogens with zero attached hydrogens (tertiary/aromatic N) is 5. The number of non-ortho nitro benzene ring substituents is 1. The second kappa shape index (κ2) is 12.6. The number of amides is 1. The van der Waals surface area contributed by atoms with E-state index in [1.54, 1.807) is 28.7 Å². The van der Waals surface area contributed by atoms with E-state index in [-0.39, 0.29) is 17.2 Å².